The number of rotatable bonds is 6. The molecule has 2 aromatic rings. The molecule has 0 aromatic heterocycles. The van der Waals surface area contributed by atoms with Gasteiger partial charge in [0.2, 0.25) is 0 Å². The number of hydrazone groups is 1. The predicted octanol–water partition coefficient (Wildman–Crippen LogP) is 2.35. The highest BCUT2D eigenvalue weighted by molar-refractivity contribution is 6.03. The molecule has 7 nitrogen and oxygen atoms in total. The number of hydrogen-bond acceptors (Lipinski definition) is 5. The third-order valence-electron chi connectivity index (χ3n) is 4.04. The van der Waals surface area contributed by atoms with E-state index in [0.717, 1.165) is 11.3 Å². The summed E-state index contributed by atoms with van der Waals surface area (Å²) in [6, 6.07) is 14.6. The molecule has 27 heavy (non-hydrogen) atoms. The monoisotopic (exact) mass is 367 g/mol. The van der Waals surface area contributed by atoms with Crippen molar-refractivity contribution in [2.24, 2.45) is 5.10 Å². The van der Waals surface area contributed by atoms with Crippen molar-refractivity contribution in [2.75, 3.05) is 24.7 Å². The van der Waals surface area contributed by atoms with Crippen LogP contribution in [0, 0.1) is 0 Å². The highest BCUT2D eigenvalue weighted by atomic mass is 16.5. The molecule has 0 unspecified atom stereocenters. The number of amides is 2. The lowest BCUT2D eigenvalue weighted by atomic mass is 10.1. The molecular formula is C20H21N3O4. The normalized spacial score (nSPS) is 13.6. The van der Waals surface area contributed by atoms with Crippen molar-refractivity contribution < 1.29 is 19.1 Å². The molecule has 2 aromatic carbocycles. The highest BCUT2D eigenvalue weighted by Crippen LogP contribution is 2.31. The van der Waals surface area contributed by atoms with E-state index >= 15 is 0 Å². The Labute approximate surface area is 157 Å². The number of anilines is 1. The minimum absolute atomic E-state index is 0.0846. The summed E-state index contributed by atoms with van der Waals surface area (Å²) < 4.78 is 10.8. The van der Waals surface area contributed by atoms with Crippen molar-refractivity contribution in [3.63, 3.8) is 0 Å². The molecule has 1 heterocycles. The van der Waals surface area contributed by atoms with Crippen LogP contribution in [0.3, 0.4) is 0 Å². The summed E-state index contributed by atoms with van der Waals surface area (Å²) in [5, 5.41) is 4.12. The lowest BCUT2D eigenvalue weighted by molar-refractivity contribution is -0.125. The molecule has 0 radical (unpaired) electrons. The number of nitrogens with zero attached hydrogens (tertiary/aromatic N) is 2. The van der Waals surface area contributed by atoms with Crippen molar-refractivity contribution >= 4 is 23.2 Å². The lowest BCUT2D eigenvalue weighted by Crippen LogP contribution is -2.44. The van der Waals surface area contributed by atoms with Crippen LogP contribution in [0.2, 0.25) is 0 Å². The van der Waals surface area contributed by atoms with E-state index in [0.29, 0.717) is 23.8 Å². The maximum absolute atomic E-state index is 12.3. The zero-order valence-electron chi connectivity index (χ0n) is 15.3. The van der Waals surface area contributed by atoms with E-state index in [1.165, 1.54) is 4.90 Å². The molecule has 0 saturated heterocycles. The summed E-state index contributed by atoms with van der Waals surface area (Å²) in [5.41, 5.74) is 4.60. The van der Waals surface area contributed by atoms with Crippen molar-refractivity contribution in [2.45, 2.75) is 13.8 Å². The standard InChI is InChI=1S/C20H21N3O4/c1-3-26-16-10-8-15(9-11-16)14(2)21-22-19(24)12-23-17-6-4-5-7-18(17)27-13-20(23)25/h4-11H,3,12-13H2,1-2H3,(H,22,24)/b21-14-. The molecule has 140 valence electrons. The van der Waals surface area contributed by atoms with Crippen LogP contribution >= 0.6 is 0 Å². The maximum atomic E-state index is 12.3. The van der Waals surface area contributed by atoms with Crippen LogP contribution in [0.5, 0.6) is 11.5 Å². The SMILES string of the molecule is CCOc1ccc(/C(C)=N\NC(=O)CN2C(=O)COc3ccccc32)cc1. The van der Waals surface area contributed by atoms with Gasteiger partial charge in [-0.05, 0) is 55.8 Å². The first kappa shape index (κ1) is 18.4. The van der Waals surface area contributed by atoms with Gasteiger partial charge in [0, 0.05) is 0 Å². The average molecular weight is 367 g/mol. The first-order valence-corrected chi connectivity index (χ1v) is 8.67. The number of carbonyl (C=O) groups is 2. The Morgan fingerprint density at radius 2 is 1.96 bits per heavy atom. The Morgan fingerprint density at radius 1 is 1.22 bits per heavy atom. The Bertz CT molecular complexity index is 862. The second-order valence-electron chi connectivity index (χ2n) is 5.93. The van der Waals surface area contributed by atoms with E-state index in [9.17, 15) is 9.59 Å². The van der Waals surface area contributed by atoms with Crippen LogP contribution in [0.1, 0.15) is 19.4 Å². The van der Waals surface area contributed by atoms with E-state index in [1.54, 1.807) is 25.1 Å². The van der Waals surface area contributed by atoms with Crippen molar-refractivity contribution in [1.82, 2.24) is 5.43 Å². The van der Waals surface area contributed by atoms with Crippen molar-refractivity contribution in [1.29, 1.82) is 0 Å². The van der Waals surface area contributed by atoms with Crippen LogP contribution in [0.25, 0.3) is 0 Å². The van der Waals surface area contributed by atoms with Crippen LogP contribution < -0.4 is 19.8 Å². The Morgan fingerprint density at radius 3 is 2.70 bits per heavy atom. The molecule has 1 aliphatic rings. The van der Waals surface area contributed by atoms with Crippen LogP contribution in [-0.2, 0) is 9.59 Å². The minimum atomic E-state index is -0.384. The molecule has 0 atom stereocenters. The Hall–Kier alpha value is -3.35. The molecule has 0 fully saturated rings. The lowest BCUT2D eigenvalue weighted by Gasteiger charge is -2.28. The summed E-state index contributed by atoms with van der Waals surface area (Å²) >= 11 is 0. The van der Waals surface area contributed by atoms with Gasteiger partial charge in [-0.1, -0.05) is 12.1 Å². The third-order valence-corrected chi connectivity index (χ3v) is 4.04. The van der Waals surface area contributed by atoms with E-state index in [4.69, 9.17) is 9.47 Å². The second kappa shape index (κ2) is 8.35. The van der Waals surface area contributed by atoms with Gasteiger partial charge < -0.3 is 9.47 Å². The molecule has 0 spiro atoms. The number of carbonyl (C=O) groups excluding carboxylic acids is 2. The summed E-state index contributed by atoms with van der Waals surface area (Å²) in [5.74, 6) is 0.711. The molecule has 3 rings (SSSR count). The second-order valence-corrected chi connectivity index (χ2v) is 5.93. The van der Waals surface area contributed by atoms with Gasteiger partial charge in [-0.3, -0.25) is 14.5 Å². The fourth-order valence-electron chi connectivity index (χ4n) is 2.68. The van der Waals surface area contributed by atoms with Gasteiger partial charge in [0.1, 0.15) is 18.0 Å². The fraction of sp³-hybridized carbons (Fsp3) is 0.250. The van der Waals surface area contributed by atoms with Crippen LogP contribution in [-0.4, -0.2) is 37.3 Å². The summed E-state index contributed by atoms with van der Waals surface area (Å²) in [6.45, 7) is 4.11. The number of benzene rings is 2. The quantitative estimate of drug-likeness (QED) is 0.628. The minimum Gasteiger partial charge on any atom is -0.494 e. The number of hydrogen-bond donors (Lipinski definition) is 1. The smallest absolute Gasteiger partial charge is 0.265 e. The first-order chi connectivity index (χ1) is 13.1. The average Bonchev–Trinajstić information content (AvgIpc) is 2.69. The zero-order chi connectivity index (χ0) is 19.2. The maximum Gasteiger partial charge on any atom is 0.265 e. The van der Waals surface area contributed by atoms with Gasteiger partial charge in [-0.25, -0.2) is 5.43 Å². The topological polar surface area (TPSA) is 80.2 Å². The fourth-order valence-corrected chi connectivity index (χ4v) is 2.68. The van der Waals surface area contributed by atoms with Crippen molar-refractivity contribution in [3.8, 4) is 11.5 Å². The first-order valence-electron chi connectivity index (χ1n) is 8.67. The molecule has 0 aliphatic carbocycles. The Balaban J connectivity index is 1.64. The number of nitrogens with one attached hydrogen (secondary N) is 1. The molecule has 1 aliphatic heterocycles. The van der Waals surface area contributed by atoms with E-state index in [-0.39, 0.29) is 25.0 Å². The molecular weight excluding hydrogens is 346 g/mol. The number of ether oxygens (including phenoxy) is 2. The van der Waals surface area contributed by atoms with Crippen LogP contribution in [0.15, 0.2) is 53.6 Å². The highest BCUT2D eigenvalue weighted by Gasteiger charge is 2.26. The zero-order valence-corrected chi connectivity index (χ0v) is 15.3. The van der Waals surface area contributed by atoms with E-state index in [1.807, 2.05) is 37.3 Å². The largest absolute Gasteiger partial charge is 0.494 e. The predicted molar refractivity (Wildman–Crippen MR) is 102 cm³/mol. The van der Waals surface area contributed by atoms with Gasteiger partial charge in [-0.2, -0.15) is 5.10 Å². The van der Waals surface area contributed by atoms with Gasteiger partial charge in [-0.15, -0.1) is 0 Å². The van der Waals surface area contributed by atoms with Gasteiger partial charge in [0.25, 0.3) is 11.8 Å². The number of para-hydroxylation sites is 2. The van der Waals surface area contributed by atoms with E-state index < -0.39 is 0 Å². The van der Waals surface area contributed by atoms with Gasteiger partial charge in [0.15, 0.2) is 6.61 Å². The summed E-state index contributed by atoms with van der Waals surface area (Å²) in [7, 11) is 0. The molecule has 1 N–H and O–H groups in total. The molecule has 0 saturated carbocycles. The molecule has 2 amide bonds. The summed E-state index contributed by atoms with van der Waals surface area (Å²) in [6.07, 6.45) is 0. The molecule has 0 bridgehead atoms. The third kappa shape index (κ3) is 4.44. The van der Waals surface area contributed by atoms with E-state index in [2.05, 4.69) is 10.5 Å². The Kier molecular flexibility index (Phi) is 5.71. The molecule has 7 heteroatoms. The summed E-state index contributed by atoms with van der Waals surface area (Å²) in [4.78, 5) is 25.8. The van der Waals surface area contributed by atoms with Crippen LogP contribution in [0.4, 0.5) is 5.69 Å². The van der Waals surface area contributed by atoms with Gasteiger partial charge in [0.05, 0.1) is 18.0 Å². The van der Waals surface area contributed by atoms with Crippen molar-refractivity contribution in [3.05, 3.63) is 54.1 Å². The van der Waals surface area contributed by atoms with Gasteiger partial charge >= 0.3 is 0 Å². The number of fused-ring (bicyclic) bond motifs is 1.